The van der Waals surface area contributed by atoms with E-state index in [0.717, 1.165) is 5.56 Å². The molecule has 0 aliphatic carbocycles. The van der Waals surface area contributed by atoms with E-state index in [1.165, 1.54) is 12.1 Å². The molecule has 1 saturated heterocycles. The molecular formula is C21H24N2O5S. The van der Waals surface area contributed by atoms with Gasteiger partial charge in [0.25, 0.3) is 0 Å². The quantitative estimate of drug-likeness (QED) is 0.629. The first-order chi connectivity index (χ1) is 13.9. The molecule has 2 aromatic carbocycles. The molecule has 2 atom stereocenters. The Morgan fingerprint density at radius 1 is 1.07 bits per heavy atom. The fourth-order valence-corrected chi connectivity index (χ4v) is 5.56. The molecule has 1 heterocycles. The van der Waals surface area contributed by atoms with Gasteiger partial charge in [-0.3, -0.25) is 4.79 Å². The fraction of sp³-hybridized carbons (Fsp3) is 0.333. The van der Waals surface area contributed by atoms with Crippen molar-refractivity contribution in [2.45, 2.75) is 34.9 Å². The highest BCUT2D eigenvalue weighted by Gasteiger charge is 2.52. The lowest BCUT2D eigenvalue weighted by atomic mass is 9.96. The van der Waals surface area contributed by atoms with Gasteiger partial charge in [0, 0.05) is 13.0 Å². The molecule has 0 bridgehead atoms. The summed E-state index contributed by atoms with van der Waals surface area (Å²) in [7, 11) is -4.03. The second-order valence-electron chi connectivity index (χ2n) is 7.15. The van der Waals surface area contributed by atoms with Gasteiger partial charge in [0.1, 0.15) is 6.04 Å². The second-order valence-corrected chi connectivity index (χ2v) is 9.40. The highest BCUT2D eigenvalue weighted by molar-refractivity contribution is 7.93. The van der Waals surface area contributed by atoms with Crippen molar-refractivity contribution in [2.24, 2.45) is 0 Å². The average Bonchev–Trinajstić information content (AvgIpc) is 2.75. The van der Waals surface area contributed by atoms with Gasteiger partial charge in [-0.25, -0.2) is 13.2 Å². The van der Waals surface area contributed by atoms with Gasteiger partial charge < -0.3 is 15.7 Å². The normalized spacial score (nSPS) is 20.6. The Hall–Kier alpha value is -2.71. The number of sulfone groups is 1. The number of piperidine rings is 1. The van der Waals surface area contributed by atoms with Crippen LogP contribution < -0.4 is 10.6 Å². The molecule has 0 saturated carbocycles. The van der Waals surface area contributed by atoms with Crippen LogP contribution in [-0.4, -0.2) is 49.3 Å². The topological polar surface area (TPSA) is 113 Å². The van der Waals surface area contributed by atoms with Gasteiger partial charge in [0.05, 0.1) is 4.90 Å². The third-order valence-electron chi connectivity index (χ3n) is 5.21. The smallest absolute Gasteiger partial charge is 0.326 e. The van der Waals surface area contributed by atoms with Crippen molar-refractivity contribution in [3.8, 4) is 0 Å². The molecule has 1 unspecified atom stereocenters. The van der Waals surface area contributed by atoms with Crippen molar-refractivity contribution in [3.63, 3.8) is 0 Å². The minimum atomic E-state index is -4.03. The Kier molecular flexibility index (Phi) is 6.34. The Morgan fingerprint density at radius 3 is 2.24 bits per heavy atom. The summed E-state index contributed by atoms with van der Waals surface area (Å²) in [5, 5.41) is 15.1. The van der Waals surface area contributed by atoms with E-state index in [-0.39, 0.29) is 24.3 Å². The Balaban J connectivity index is 1.92. The van der Waals surface area contributed by atoms with Crippen LogP contribution >= 0.6 is 0 Å². The van der Waals surface area contributed by atoms with Crippen LogP contribution in [0.5, 0.6) is 0 Å². The molecule has 8 heteroatoms. The van der Waals surface area contributed by atoms with Crippen LogP contribution in [0.4, 0.5) is 0 Å². The number of benzene rings is 2. The van der Waals surface area contributed by atoms with Crippen LogP contribution in [0, 0.1) is 0 Å². The van der Waals surface area contributed by atoms with E-state index in [0.29, 0.717) is 13.0 Å². The first kappa shape index (κ1) is 21.0. The zero-order chi connectivity index (χ0) is 20.9. The molecule has 3 N–H and O–H groups in total. The lowest BCUT2D eigenvalue weighted by Crippen LogP contribution is -2.62. The van der Waals surface area contributed by atoms with Crippen LogP contribution in [0.1, 0.15) is 18.4 Å². The summed E-state index contributed by atoms with van der Waals surface area (Å²) in [5.74, 6) is -1.99. The molecule has 1 aliphatic heterocycles. The van der Waals surface area contributed by atoms with E-state index in [2.05, 4.69) is 10.6 Å². The lowest BCUT2D eigenvalue weighted by Gasteiger charge is -2.36. The van der Waals surface area contributed by atoms with Crippen molar-refractivity contribution in [1.82, 2.24) is 10.6 Å². The summed E-state index contributed by atoms with van der Waals surface area (Å²) in [5.41, 5.74) is 0.738. The first-order valence-electron chi connectivity index (χ1n) is 9.45. The monoisotopic (exact) mass is 416 g/mol. The summed E-state index contributed by atoms with van der Waals surface area (Å²) in [4.78, 5) is 25.1. The lowest BCUT2D eigenvalue weighted by molar-refractivity contribution is -0.142. The minimum absolute atomic E-state index is 0.0498. The summed E-state index contributed by atoms with van der Waals surface area (Å²) in [6.45, 7) is 0.541. The van der Waals surface area contributed by atoms with Crippen molar-refractivity contribution < 1.29 is 23.1 Å². The predicted octanol–water partition coefficient (Wildman–Crippen LogP) is 1.39. The van der Waals surface area contributed by atoms with Crippen LogP contribution in [0.25, 0.3) is 0 Å². The molecule has 154 valence electrons. The zero-order valence-corrected chi connectivity index (χ0v) is 16.7. The molecule has 1 fully saturated rings. The molecule has 3 rings (SSSR count). The number of amides is 1. The number of nitrogens with one attached hydrogen (secondary N) is 2. The third-order valence-corrected chi connectivity index (χ3v) is 7.67. The van der Waals surface area contributed by atoms with E-state index < -0.39 is 32.5 Å². The molecule has 0 aromatic heterocycles. The van der Waals surface area contributed by atoms with E-state index in [1.54, 1.807) is 42.5 Å². The number of hydrogen-bond acceptors (Lipinski definition) is 5. The van der Waals surface area contributed by atoms with Gasteiger partial charge in [-0.05, 0) is 37.1 Å². The summed E-state index contributed by atoms with van der Waals surface area (Å²) in [6.07, 6.45) is 0.688. The van der Waals surface area contributed by atoms with E-state index in [9.17, 15) is 23.1 Å². The minimum Gasteiger partial charge on any atom is -0.480 e. The highest BCUT2D eigenvalue weighted by Crippen LogP contribution is 2.32. The van der Waals surface area contributed by atoms with Crippen LogP contribution in [-0.2, 0) is 25.8 Å². The number of carboxylic acid groups (broad SMARTS) is 1. The average molecular weight is 416 g/mol. The van der Waals surface area contributed by atoms with Gasteiger partial charge in [0.15, 0.2) is 14.6 Å². The van der Waals surface area contributed by atoms with Crippen LogP contribution in [0.3, 0.4) is 0 Å². The zero-order valence-electron chi connectivity index (χ0n) is 15.9. The number of aliphatic carboxylic acids is 1. The van der Waals surface area contributed by atoms with Gasteiger partial charge >= 0.3 is 5.97 Å². The molecule has 1 amide bonds. The van der Waals surface area contributed by atoms with Gasteiger partial charge in [-0.1, -0.05) is 48.5 Å². The molecule has 1 aliphatic rings. The van der Waals surface area contributed by atoms with Crippen molar-refractivity contribution in [2.75, 3.05) is 13.1 Å². The number of carbonyl (C=O) groups is 2. The molecule has 0 spiro atoms. The maximum Gasteiger partial charge on any atom is 0.326 e. The maximum absolute atomic E-state index is 13.4. The van der Waals surface area contributed by atoms with Crippen LogP contribution in [0.15, 0.2) is 65.6 Å². The molecular weight excluding hydrogens is 392 g/mol. The van der Waals surface area contributed by atoms with E-state index in [4.69, 9.17) is 0 Å². The van der Waals surface area contributed by atoms with Gasteiger partial charge in [-0.15, -0.1) is 0 Å². The largest absolute Gasteiger partial charge is 0.480 e. The SMILES string of the molecule is O=C(O)[C@H](Cc1ccccc1)NC(=O)C1(S(=O)(=O)c2ccccc2)CCCNC1. The van der Waals surface area contributed by atoms with Gasteiger partial charge in [-0.2, -0.15) is 0 Å². The number of carbonyl (C=O) groups excluding carboxylic acids is 1. The highest BCUT2D eigenvalue weighted by atomic mass is 32.2. The van der Waals surface area contributed by atoms with Crippen molar-refractivity contribution >= 4 is 21.7 Å². The van der Waals surface area contributed by atoms with Crippen molar-refractivity contribution in [3.05, 3.63) is 66.2 Å². The Bertz CT molecular complexity index is 955. The standard InChI is InChI=1S/C21H24N2O5S/c24-19(25)18(14-16-8-3-1-4-9-16)23-20(26)21(12-7-13-22-15-21)29(27,28)17-10-5-2-6-11-17/h1-6,8-11,18,22H,7,12-15H2,(H,23,26)(H,24,25)/t18-,21?/m0/s1. The third kappa shape index (κ3) is 4.33. The summed E-state index contributed by atoms with van der Waals surface area (Å²) >= 11 is 0. The van der Waals surface area contributed by atoms with E-state index >= 15 is 0 Å². The Morgan fingerprint density at radius 2 is 1.69 bits per heavy atom. The van der Waals surface area contributed by atoms with E-state index in [1.807, 2.05) is 6.07 Å². The number of rotatable bonds is 7. The second kappa shape index (κ2) is 8.75. The summed E-state index contributed by atoms with van der Waals surface area (Å²) in [6, 6.07) is 15.5. The molecule has 2 aromatic rings. The fourth-order valence-electron chi connectivity index (χ4n) is 3.59. The predicted molar refractivity (Wildman–Crippen MR) is 108 cm³/mol. The van der Waals surface area contributed by atoms with Gasteiger partial charge in [0.2, 0.25) is 5.91 Å². The number of carboxylic acids is 1. The molecule has 0 radical (unpaired) electrons. The first-order valence-corrected chi connectivity index (χ1v) is 10.9. The van der Waals surface area contributed by atoms with Crippen LogP contribution in [0.2, 0.25) is 0 Å². The maximum atomic E-state index is 13.4. The molecule has 29 heavy (non-hydrogen) atoms. The van der Waals surface area contributed by atoms with Crippen molar-refractivity contribution in [1.29, 1.82) is 0 Å². The molecule has 7 nitrogen and oxygen atoms in total. The Labute approximate surface area is 170 Å². The summed E-state index contributed by atoms with van der Waals surface area (Å²) < 4.78 is 25.1. The number of hydrogen-bond donors (Lipinski definition) is 3.